The number of urea groups is 1. The van der Waals surface area contributed by atoms with Crippen molar-refractivity contribution in [3.8, 4) is 0 Å². The van der Waals surface area contributed by atoms with Gasteiger partial charge in [0.15, 0.2) is 0 Å². The molecular weight excluding hydrogens is 246 g/mol. The van der Waals surface area contributed by atoms with Crippen molar-refractivity contribution < 1.29 is 14.3 Å². The largest absolute Gasteiger partial charge is 0.383 e. The Morgan fingerprint density at radius 3 is 2.59 bits per heavy atom. The van der Waals surface area contributed by atoms with Gasteiger partial charge in [0.25, 0.3) is 5.91 Å². The number of ether oxygens (including phenoxy) is 1. The van der Waals surface area contributed by atoms with Crippen LogP contribution in [0.4, 0.5) is 4.79 Å². The number of piperidine rings is 1. The third-order valence-corrected chi connectivity index (χ3v) is 3.22. The lowest BCUT2D eigenvalue weighted by atomic mass is 9.88. The Labute approximate surface area is 106 Å². The standard InChI is InChI=1S/C10H17N3O3.ClH/c1-16-7-6-13-8(14)10(12-9(13)15)2-4-11-5-3-10;/h11H,2-7H2,1H3,(H,12,15);1H. The number of nitrogens with one attached hydrogen (secondary N) is 2. The normalized spacial score (nSPS) is 22.5. The number of halogens is 1. The van der Waals surface area contributed by atoms with Gasteiger partial charge >= 0.3 is 6.03 Å². The number of carbonyl (C=O) groups is 2. The second-order valence-electron chi connectivity index (χ2n) is 4.21. The molecule has 2 N–H and O–H groups in total. The van der Waals surface area contributed by atoms with Gasteiger partial charge < -0.3 is 15.4 Å². The predicted octanol–water partition coefficient (Wildman–Crippen LogP) is -0.271. The fraction of sp³-hybridized carbons (Fsp3) is 0.800. The van der Waals surface area contributed by atoms with E-state index in [0.29, 0.717) is 26.0 Å². The molecule has 2 aliphatic heterocycles. The Balaban J connectivity index is 0.00000144. The summed E-state index contributed by atoms with van der Waals surface area (Å²) in [5, 5.41) is 6.00. The first-order valence-electron chi connectivity index (χ1n) is 5.53. The van der Waals surface area contributed by atoms with Crippen LogP contribution < -0.4 is 10.6 Å². The molecule has 0 aromatic rings. The van der Waals surface area contributed by atoms with Crippen LogP contribution in [0.2, 0.25) is 0 Å². The minimum absolute atomic E-state index is 0. The van der Waals surface area contributed by atoms with E-state index in [1.165, 1.54) is 4.90 Å². The van der Waals surface area contributed by atoms with Gasteiger partial charge in [0.1, 0.15) is 5.54 Å². The first-order valence-corrected chi connectivity index (χ1v) is 5.53. The molecular formula is C10H18ClN3O3. The summed E-state index contributed by atoms with van der Waals surface area (Å²) in [6, 6.07) is -0.288. The average molecular weight is 264 g/mol. The molecule has 2 saturated heterocycles. The third-order valence-electron chi connectivity index (χ3n) is 3.22. The molecule has 17 heavy (non-hydrogen) atoms. The van der Waals surface area contributed by atoms with E-state index in [-0.39, 0.29) is 24.3 Å². The minimum Gasteiger partial charge on any atom is -0.383 e. The van der Waals surface area contributed by atoms with Gasteiger partial charge in [0.05, 0.1) is 13.2 Å². The van der Waals surface area contributed by atoms with Crippen LogP contribution >= 0.6 is 12.4 Å². The van der Waals surface area contributed by atoms with E-state index in [1.807, 2.05) is 0 Å². The van der Waals surface area contributed by atoms with Crippen molar-refractivity contribution in [1.29, 1.82) is 0 Å². The molecule has 2 aliphatic rings. The van der Waals surface area contributed by atoms with E-state index < -0.39 is 5.54 Å². The number of carbonyl (C=O) groups excluding carboxylic acids is 2. The number of nitrogens with zero attached hydrogens (tertiary/aromatic N) is 1. The van der Waals surface area contributed by atoms with Crippen LogP contribution in [-0.2, 0) is 9.53 Å². The predicted molar refractivity (Wildman–Crippen MR) is 64.2 cm³/mol. The molecule has 0 unspecified atom stereocenters. The summed E-state index contributed by atoms with van der Waals surface area (Å²) in [5.74, 6) is -0.101. The maximum atomic E-state index is 12.2. The van der Waals surface area contributed by atoms with Gasteiger partial charge in [-0.1, -0.05) is 0 Å². The third kappa shape index (κ3) is 2.53. The molecule has 7 heteroatoms. The van der Waals surface area contributed by atoms with E-state index >= 15 is 0 Å². The number of amides is 3. The van der Waals surface area contributed by atoms with Gasteiger partial charge in [-0.2, -0.15) is 0 Å². The number of hydrogen-bond acceptors (Lipinski definition) is 4. The minimum atomic E-state index is -0.657. The maximum Gasteiger partial charge on any atom is 0.325 e. The molecule has 0 saturated carbocycles. The van der Waals surface area contributed by atoms with Gasteiger partial charge in [-0.15, -0.1) is 12.4 Å². The van der Waals surface area contributed by atoms with Crippen molar-refractivity contribution in [3.63, 3.8) is 0 Å². The summed E-state index contributed by atoms with van der Waals surface area (Å²) in [5.41, 5.74) is -0.657. The van der Waals surface area contributed by atoms with E-state index in [4.69, 9.17) is 4.74 Å². The Bertz CT molecular complexity index is 305. The molecule has 0 bridgehead atoms. The molecule has 0 radical (unpaired) electrons. The molecule has 0 aliphatic carbocycles. The maximum absolute atomic E-state index is 12.2. The summed E-state index contributed by atoms with van der Waals surface area (Å²) < 4.78 is 4.89. The van der Waals surface area contributed by atoms with Crippen molar-refractivity contribution in [1.82, 2.24) is 15.5 Å². The van der Waals surface area contributed by atoms with Gasteiger partial charge in [-0.25, -0.2) is 4.79 Å². The van der Waals surface area contributed by atoms with Crippen LogP contribution in [0, 0.1) is 0 Å². The van der Waals surface area contributed by atoms with Gasteiger partial charge in [0.2, 0.25) is 0 Å². The zero-order valence-electron chi connectivity index (χ0n) is 9.82. The van der Waals surface area contributed by atoms with Gasteiger partial charge in [-0.05, 0) is 25.9 Å². The Morgan fingerprint density at radius 2 is 2.00 bits per heavy atom. The van der Waals surface area contributed by atoms with Crippen molar-refractivity contribution in [2.24, 2.45) is 0 Å². The summed E-state index contributed by atoms with van der Waals surface area (Å²) in [6.45, 7) is 2.25. The first-order chi connectivity index (χ1) is 7.69. The molecule has 0 aromatic heterocycles. The van der Waals surface area contributed by atoms with Crippen molar-refractivity contribution in [2.75, 3.05) is 33.4 Å². The van der Waals surface area contributed by atoms with E-state index in [2.05, 4.69) is 10.6 Å². The zero-order chi connectivity index (χ0) is 11.6. The highest BCUT2D eigenvalue weighted by Gasteiger charge is 2.50. The molecule has 6 nitrogen and oxygen atoms in total. The monoisotopic (exact) mass is 263 g/mol. The number of imide groups is 1. The number of rotatable bonds is 3. The Kier molecular flexibility index (Phi) is 4.73. The molecule has 2 fully saturated rings. The van der Waals surface area contributed by atoms with Crippen molar-refractivity contribution >= 4 is 24.3 Å². The Hall–Kier alpha value is -0.850. The van der Waals surface area contributed by atoms with Gasteiger partial charge in [-0.3, -0.25) is 9.69 Å². The molecule has 1 spiro atoms. The fourth-order valence-corrected chi connectivity index (χ4v) is 2.25. The Morgan fingerprint density at radius 1 is 1.35 bits per heavy atom. The SMILES string of the molecule is COCCN1C(=O)NC2(CCNCC2)C1=O.Cl. The van der Waals surface area contributed by atoms with Crippen LogP contribution in [-0.4, -0.2) is 55.7 Å². The van der Waals surface area contributed by atoms with E-state index in [0.717, 1.165) is 13.1 Å². The highest BCUT2D eigenvalue weighted by atomic mass is 35.5. The lowest BCUT2D eigenvalue weighted by molar-refractivity contribution is -0.132. The van der Waals surface area contributed by atoms with E-state index in [9.17, 15) is 9.59 Å². The molecule has 2 heterocycles. The zero-order valence-corrected chi connectivity index (χ0v) is 10.6. The second-order valence-corrected chi connectivity index (χ2v) is 4.21. The molecule has 3 amide bonds. The average Bonchev–Trinajstić information content (AvgIpc) is 2.50. The summed E-state index contributed by atoms with van der Waals surface area (Å²) in [4.78, 5) is 25.1. The highest BCUT2D eigenvalue weighted by Crippen LogP contribution is 2.26. The van der Waals surface area contributed by atoms with Gasteiger partial charge in [0, 0.05) is 7.11 Å². The number of hydrogen-bond donors (Lipinski definition) is 2. The fourth-order valence-electron chi connectivity index (χ4n) is 2.25. The lowest BCUT2D eigenvalue weighted by Gasteiger charge is -2.31. The molecule has 0 aromatic carbocycles. The van der Waals surface area contributed by atoms with Crippen LogP contribution in [0.1, 0.15) is 12.8 Å². The van der Waals surface area contributed by atoms with Crippen LogP contribution in [0.3, 0.4) is 0 Å². The number of methoxy groups -OCH3 is 1. The quantitative estimate of drug-likeness (QED) is 0.688. The lowest BCUT2D eigenvalue weighted by Crippen LogP contribution is -2.54. The van der Waals surface area contributed by atoms with Crippen LogP contribution in [0.25, 0.3) is 0 Å². The smallest absolute Gasteiger partial charge is 0.325 e. The first kappa shape index (κ1) is 14.2. The van der Waals surface area contributed by atoms with Crippen molar-refractivity contribution in [3.05, 3.63) is 0 Å². The van der Waals surface area contributed by atoms with Crippen LogP contribution in [0.5, 0.6) is 0 Å². The topological polar surface area (TPSA) is 70.7 Å². The van der Waals surface area contributed by atoms with E-state index in [1.54, 1.807) is 7.11 Å². The summed E-state index contributed by atoms with van der Waals surface area (Å²) >= 11 is 0. The van der Waals surface area contributed by atoms with Crippen LogP contribution in [0.15, 0.2) is 0 Å². The molecule has 2 rings (SSSR count). The van der Waals surface area contributed by atoms with Crippen molar-refractivity contribution in [2.45, 2.75) is 18.4 Å². The molecule has 98 valence electrons. The second kappa shape index (κ2) is 5.66. The summed E-state index contributed by atoms with van der Waals surface area (Å²) in [7, 11) is 1.55. The molecule has 0 atom stereocenters. The highest BCUT2D eigenvalue weighted by molar-refractivity contribution is 6.07. The summed E-state index contributed by atoms with van der Waals surface area (Å²) in [6.07, 6.45) is 1.34.